The van der Waals surface area contributed by atoms with Gasteiger partial charge in [0.25, 0.3) is 5.91 Å². The summed E-state index contributed by atoms with van der Waals surface area (Å²) < 4.78 is 5.82. The molecule has 0 aliphatic heterocycles. The third kappa shape index (κ3) is 4.72. The molecule has 0 spiro atoms. The van der Waals surface area contributed by atoms with Crippen molar-refractivity contribution >= 4 is 17.3 Å². The molecule has 1 saturated carbocycles. The number of anilines is 2. The van der Waals surface area contributed by atoms with Crippen LogP contribution in [0.4, 0.5) is 11.4 Å². The first-order valence-corrected chi connectivity index (χ1v) is 8.90. The van der Waals surface area contributed by atoms with E-state index in [0.29, 0.717) is 11.6 Å². The summed E-state index contributed by atoms with van der Waals surface area (Å²) >= 11 is 0. The quantitative estimate of drug-likeness (QED) is 0.824. The lowest BCUT2D eigenvalue weighted by molar-refractivity contribution is 0.0937. The van der Waals surface area contributed by atoms with Gasteiger partial charge in [0.15, 0.2) is 0 Å². The van der Waals surface area contributed by atoms with Gasteiger partial charge in [-0.2, -0.15) is 0 Å². The molecular weight excluding hydrogens is 314 g/mol. The maximum absolute atomic E-state index is 12.4. The summed E-state index contributed by atoms with van der Waals surface area (Å²) in [4.78, 5) is 16.6. The van der Waals surface area contributed by atoms with Gasteiger partial charge in [-0.25, -0.2) is 0 Å². The highest BCUT2D eigenvalue weighted by atomic mass is 16.5. The van der Waals surface area contributed by atoms with Crippen LogP contribution in [-0.2, 0) is 0 Å². The van der Waals surface area contributed by atoms with Crippen molar-refractivity contribution in [3.05, 3.63) is 48.3 Å². The van der Waals surface area contributed by atoms with Gasteiger partial charge >= 0.3 is 0 Å². The molecule has 25 heavy (non-hydrogen) atoms. The lowest BCUT2D eigenvalue weighted by Gasteiger charge is -2.16. The third-order valence-corrected chi connectivity index (χ3v) is 4.22. The number of carbonyl (C=O) groups is 1. The summed E-state index contributed by atoms with van der Waals surface area (Å²) in [5.74, 6) is 0.716. The van der Waals surface area contributed by atoms with E-state index in [0.717, 1.165) is 30.0 Å². The Kier molecular flexibility index (Phi) is 5.53. The number of aromatic nitrogens is 1. The van der Waals surface area contributed by atoms with Crippen LogP contribution in [0.15, 0.2) is 42.7 Å². The number of carbonyl (C=O) groups excluding carboxylic acids is 1. The molecule has 132 valence electrons. The molecular formula is C20H25N3O2. The summed E-state index contributed by atoms with van der Waals surface area (Å²) in [6.07, 6.45) is 7.91. The first-order chi connectivity index (χ1) is 12.1. The highest BCUT2D eigenvalue weighted by Gasteiger charge is 2.18. The predicted octanol–water partition coefficient (Wildman–Crippen LogP) is 4.28. The van der Waals surface area contributed by atoms with E-state index in [4.69, 9.17) is 4.74 Å². The second kappa shape index (κ2) is 8.01. The second-order valence-electron chi connectivity index (χ2n) is 6.70. The minimum absolute atomic E-state index is 0.0604. The maximum atomic E-state index is 12.4. The molecule has 1 fully saturated rings. The molecule has 1 amide bonds. The van der Waals surface area contributed by atoms with Crippen LogP contribution in [0.3, 0.4) is 0 Å². The van der Waals surface area contributed by atoms with Crippen LogP contribution in [0.1, 0.15) is 49.9 Å². The molecule has 5 nitrogen and oxygen atoms in total. The number of amides is 1. The Labute approximate surface area is 148 Å². The van der Waals surface area contributed by atoms with Crippen molar-refractivity contribution in [2.75, 3.05) is 5.32 Å². The first-order valence-electron chi connectivity index (χ1n) is 8.90. The standard InChI is InChI=1S/C20H25N3O2/c1-14(2)25-19-10-6-5-9-18(19)22-17-11-15(12-21-13-17)20(24)23-16-7-3-4-8-16/h5-6,9-14,16,22H,3-4,7-8H2,1-2H3,(H,23,24). The lowest BCUT2D eigenvalue weighted by atomic mass is 10.2. The van der Waals surface area contributed by atoms with E-state index in [-0.39, 0.29) is 12.0 Å². The molecule has 1 aromatic carbocycles. The molecule has 5 heteroatoms. The first kappa shape index (κ1) is 17.3. The van der Waals surface area contributed by atoms with Gasteiger partial charge < -0.3 is 15.4 Å². The van der Waals surface area contributed by atoms with E-state index in [1.54, 1.807) is 12.4 Å². The third-order valence-electron chi connectivity index (χ3n) is 4.22. The van der Waals surface area contributed by atoms with Gasteiger partial charge in [0.2, 0.25) is 0 Å². The second-order valence-corrected chi connectivity index (χ2v) is 6.70. The number of ether oxygens (including phenoxy) is 1. The van der Waals surface area contributed by atoms with Crippen molar-refractivity contribution in [2.45, 2.75) is 51.7 Å². The van der Waals surface area contributed by atoms with Gasteiger partial charge in [0, 0.05) is 12.2 Å². The molecule has 1 heterocycles. The highest BCUT2D eigenvalue weighted by Crippen LogP contribution is 2.28. The van der Waals surface area contributed by atoms with E-state index < -0.39 is 0 Å². The minimum atomic E-state index is -0.0604. The van der Waals surface area contributed by atoms with Gasteiger partial charge in [0.05, 0.1) is 29.2 Å². The monoisotopic (exact) mass is 339 g/mol. The van der Waals surface area contributed by atoms with Crippen molar-refractivity contribution in [2.24, 2.45) is 0 Å². The molecule has 0 radical (unpaired) electrons. The molecule has 0 unspecified atom stereocenters. The van der Waals surface area contributed by atoms with E-state index >= 15 is 0 Å². The van der Waals surface area contributed by atoms with Crippen LogP contribution in [-0.4, -0.2) is 23.0 Å². The van der Waals surface area contributed by atoms with Gasteiger partial charge in [0.1, 0.15) is 5.75 Å². The maximum Gasteiger partial charge on any atom is 0.253 e. The zero-order chi connectivity index (χ0) is 17.6. The number of benzene rings is 1. The van der Waals surface area contributed by atoms with Crippen molar-refractivity contribution in [1.82, 2.24) is 10.3 Å². The van der Waals surface area contributed by atoms with Crippen molar-refractivity contribution in [3.63, 3.8) is 0 Å². The van der Waals surface area contributed by atoms with E-state index in [1.807, 2.05) is 44.2 Å². The number of para-hydroxylation sites is 2. The van der Waals surface area contributed by atoms with Crippen LogP contribution in [0.2, 0.25) is 0 Å². The number of hydrogen-bond donors (Lipinski definition) is 2. The Bertz CT molecular complexity index is 724. The van der Waals surface area contributed by atoms with Crippen molar-refractivity contribution in [3.8, 4) is 5.75 Å². The zero-order valence-corrected chi connectivity index (χ0v) is 14.8. The van der Waals surface area contributed by atoms with Crippen LogP contribution in [0.25, 0.3) is 0 Å². The van der Waals surface area contributed by atoms with Crippen LogP contribution >= 0.6 is 0 Å². The van der Waals surface area contributed by atoms with Crippen LogP contribution < -0.4 is 15.4 Å². The van der Waals surface area contributed by atoms with Crippen LogP contribution in [0.5, 0.6) is 5.75 Å². The molecule has 0 bridgehead atoms. The van der Waals surface area contributed by atoms with E-state index in [2.05, 4.69) is 15.6 Å². The van der Waals surface area contributed by atoms with Gasteiger partial charge in [-0.15, -0.1) is 0 Å². The number of nitrogens with one attached hydrogen (secondary N) is 2. The average molecular weight is 339 g/mol. The molecule has 2 aromatic rings. The number of rotatable bonds is 6. The Hall–Kier alpha value is -2.56. The van der Waals surface area contributed by atoms with E-state index in [9.17, 15) is 4.79 Å². The fraction of sp³-hybridized carbons (Fsp3) is 0.400. The average Bonchev–Trinajstić information content (AvgIpc) is 3.09. The molecule has 1 aliphatic rings. The van der Waals surface area contributed by atoms with Crippen molar-refractivity contribution < 1.29 is 9.53 Å². The van der Waals surface area contributed by atoms with Gasteiger partial charge in [-0.05, 0) is 44.9 Å². The molecule has 1 aliphatic carbocycles. The largest absolute Gasteiger partial charge is 0.489 e. The molecule has 1 aromatic heterocycles. The Morgan fingerprint density at radius 1 is 1.20 bits per heavy atom. The predicted molar refractivity (Wildman–Crippen MR) is 99.4 cm³/mol. The topological polar surface area (TPSA) is 63.2 Å². The molecule has 2 N–H and O–H groups in total. The number of hydrogen-bond acceptors (Lipinski definition) is 4. The lowest BCUT2D eigenvalue weighted by Crippen LogP contribution is -2.32. The summed E-state index contributed by atoms with van der Waals surface area (Å²) in [5, 5.41) is 6.39. The Morgan fingerprint density at radius 3 is 2.72 bits per heavy atom. The fourth-order valence-electron chi connectivity index (χ4n) is 3.05. The summed E-state index contributed by atoms with van der Waals surface area (Å²) in [6, 6.07) is 9.87. The minimum Gasteiger partial charge on any atom is -0.489 e. The summed E-state index contributed by atoms with van der Waals surface area (Å²) in [7, 11) is 0. The SMILES string of the molecule is CC(C)Oc1ccccc1Nc1cncc(C(=O)NC2CCCC2)c1. The number of pyridine rings is 1. The number of nitrogens with zero attached hydrogens (tertiary/aromatic N) is 1. The summed E-state index contributed by atoms with van der Waals surface area (Å²) in [6.45, 7) is 3.98. The van der Waals surface area contributed by atoms with E-state index in [1.165, 1.54) is 12.8 Å². The van der Waals surface area contributed by atoms with Crippen molar-refractivity contribution in [1.29, 1.82) is 0 Å². The normalized spacial score (nSPS) is 14.5. The Balaban J connectivity index is 1.72. The fourth-order valence-corrected chi connectivity index (χ4v) is 3.05. The van der Waals surface area contributed by atoms with Gasteiger partial charge in [-0.3, -0.25) is 9.78 Å². The summed E-state index contributed by atoms with van der Waals surface area (Å²) in [5.41, 5.74) is 2.18. The molecule has 0 saturated heterocycles. The molecule has 3 rings (SSSR count). The molecule has 0 atom stereocenters. The zero-order valence-electron chi connectivity index (χ0n) is 14.8. The van der Waals surface area contributed by atoms with Crippen LogP contribution in [0, 0.1) is 0 Å². The highest BCUT2D eigenvalue weighted by molar-refractivity contribution is 5.95. The Morgan fingerprint density at radius 2 is 1.96 bits per heavy atom. The smallest absolute Gasteiger partial charge is 0.253 e. The van der Waals surface area contributed by atoms with Gasteiger partial charge in [-0.1, -0.05) is 25.0 Å².